The van der Waals surface area contributed by atoms with Gasteiger partial charge >= 0.3 is 11.9 Å². The Labute approximate surface area is 562 Å². The number of carbonyl (C=O) groups is 2. The highest BCUT2D eigenvalue weighted by Gasteiger charge is 2.71. The molecule has 6 saturated heterocycles. The number of esters is 2. The topological polar surface area (TPSA) is 478 Å². The third kappa shape index (κ3) is 13.3. The van der Waals surface area contributed by atoms with E-state index in [2.05, 4.69) is 40.7 Å². The molecule has 31 heteroatoms. The van der Waals surface area contributed by atoms with Crippen LogP contribution in [0.1, 0.15) is 127 Å². The summed E-state index contributed by atoms with van der Waals surface area (Å²) >= 11 is 0. The lowest BCUT2D eigenvalue weighted by Crippen LogP contribution is -2.67. The molecular weight excluding hydrogens is 1290 g/mol. The molecule has 5 aliphatic carbocycles. The van der Waals surface area contributed by atoms with Gasteiger partial charge in [-0.05, 0) is 117 Å². The molecule has 0 amide bonds. The Morgan fingerprint density at radius 1 is 0.515 bits per heavy atom. The summed E-state index contributed by atoms with van der Waals surface area (Å²) in [5.74, 6) is -1.85. The Balaban J connectivity index is 0.765. The minimum absolute atomic E-state index is 0.0683. The first kappa shape index (κ1) is 75.7. The van der Waals surface area contributed by atoms with E-state index in [1.807, 2.05) is 6.92 Å². The standard InChI is InChI=1S/C66H106O31/c1-26-38(72)51(90-28(3)69)48(82)57(88-26)94-50-33(21-67)91-54(47(81)44(50)78)87-24-34-42(76)43(77)46(80)56(92-34)97-60(84)66-18-16-61(4,5)20-30(66)29-10-11-36-62(6)14-13-37(63(7,25-68)35(62)12-15-65(36,9)64(29,8)17-19-66)93-59-53(41(75)32(71)23-86-59)96-58-49(83)52(39(73)27(2)89-58)95-55-45(79)40(74)31(70)22-85-55/h10,26-27,30-59,67-68,70-83H,11-25H2,1-9H3. The van der Waals surface area contributed by atoms with Gasteiger partial charge in [0.15, 0.2) is 37.6 Å². The van der Waals surface area contributed by atoms with Crippen LogP contribution in [0.25, 0.3) is 0 Å². The fraction of sp³-hybridized carbons (Fsp3) is 0.939. The molecular formula is C66H106O31. The summed E-state index contributed by atoms with van der Waals surface area (Å²) in [6.07, 6.45) is -37.6. The normalized spacial score (nSPS) is 53.8. The SMILES string of the molecule is CC(=O)OC1C(O)C(C)OC(OC2C(CO)OC(OCC3OC(OC(=O)C45CCC(C)(C)CC4C4=CCC6C7(C)CCC(OC8OCC(O)C(O)C8OC8OC(C)C(O)C(OC9OCC(O)C(O)C9O)C8O)C(C)(CO)C7CCC6(C)C4(C)CC5)C(O)C(O)C3O)C(O)C2O)C1O. The van der Waals surface area contributed by atoms with Gasteiger partial charge in [0.2, 0.25) is 6.29 Å². The second-order valence-corrected chi connectivity index (χ2v) is 31.4. The predicted octanol–water partition coefficient (Wildman–Crippen LogP) is -3.51. The van der Waals surface area contributed by atoms with Crippen molar-refractivity contribution < 1.29 is 153 Å². The van der Waals surface area contributed by atoms with Crippen molar-refractivity contribution in [2.24, 2.45) is 50.2 Å². The Bertz CT molecular complexity index is 2760. The van der Waals surface area contributed by atoms with Crippen molar-refractivity contribution in [1.82, 2.24) is 0 Å². The molecule has 37 unspecified atom stereocenters. The van der Waals surface area contributed by atoms with E-state index in [9.17, 15) is 86.5 Å². The molecule has 0 radical (unpaired) electrons. The summed E-state index contributed by atoms with van der Waals surface area (Å²) < 4.78 is 76.7. The summed E-state index contributed by atoms with van der Waals surface area (Å²) in [6.45, 7) is 14.7. The molecule has 11 rings (SSSR count). The number of carbonyl (C=O) groups excluding carboxylic acids is 2. The number of hydrogen-bond donors (Lipinski definition) is 16. The number of aliphatic hydroxyl groups is 16. The number of hydrogen-bond acceptors (Lipinski definition) is 31. The van der Waals surface area contributed by atoms with Gasteiger partial charge in [0.1, 0.15) is 116 Å². The highest BCUT2D eigenvalue weighted by atomic mass is 16.8. The largest absolute Gasteiger partial charge is 0.457 e. The van der Waals surface area contributed by atoms with Crippen molar-refractivity contribution in [3.8, 4) is 0 Å². The van der Waals surface area contributed by atoms with Crippen molar-refractivity contribution in [2.75, 3.05) is 33.0 Å². The summed E-state index contributed by atoms with van der Waals surface area (Å²) in [4.78, 5) is 27.1. The molecule has 37 atom stereocenters. The molecule has 0 aromatic rings. The first-order valence-corrected chi connectivity index (χ1v) is 34.4. The lowest BCUT2D eigenvalue weighted by Gasteiger charge is -2.71. The monoisotopic (exact) mass is 1390 g/mol. The lowest BCUT2D eigenvalue weighted by atomic mass is 9.33. The van der Waals surface area contributed by atoms with E-state index in [1.165, 1.54) is 13.8 Å². The number of rotatable bonds is 16. The maximum Gasteiger partial charge on any atom is 0.315 e. The number of allylic oxidation sites excluding steroid dienone is 2. The van der Waals surface area contributed by atoms with Gasteiger partial charge in [0.05, 0.1) is 56.8 Å². The van der Waals surface area contributed by atoms with E-state index >= 15 is 4.79 Å². The second kappa shape index (κ2) is 28.6. The smallest absolute Gasteiger partial charge is 0.315 e. The fourth-order valence-electron chi connectivity index (χ4n) is 19.0. The van der Waals surface area contributed by atoms with Crippen LogP contribution in [-0.2, 0) is 71.2 Å². The van der Waals surface area contributed by atoms with Crippen LogP contribution in [0.2, 0.25) is 0 Å². The Morgan fingerprint density at radius 2 is 1.09 bits per heavy atom. The van der Waals surface area contributed by atoms with Gasteiger partial charge in [0, 0.05) is 12.3 Å². The lowest BCUT2D eigenvalue weighted by molar-refractivity contribution is -0.379. The average Bonchev–Trinajstić information content (AvgIpc) is 0.675. The molecule has 4 saturated carbocycles. The molecule has 16 N–H and O–H groups in total. The van der Waals surface area contributed by atoms with Crippen molar-refractivity contribution in [1.29, 1.82) is 0 Å². The molecule has 11 aliphatic rings. The fourth-order valence-corrected chi connectivity index (χ4v) is 19.0. The van der Waals surface area contributed by atoms with E-state index < -0.39 is 226 Å². The van der Waals surface area contributed by atoms with Crippen molar-refractivity contribution in [3.05, 3.63) is 11.6 Å². The number of aliphatic hydroxyl groups excluding tert-OH is 16. The van der Waals surface area contributed by atoms with Crippen LogP contribution in [0.4, 0.5) is 0 Å². The molecule has 6 heterocycles. The van der Waals surface area contributed by atoms with Crippen molar-refractivity contribution in [2.45, 2.75) is 305 Å². The maximum atomic E-state index is 15.4. The molecule has 31 nitrogen and oxygen atoms in total. The predicted molar refractivity (Wildman–Crippen MR) is 324 cm³/mol. The highest BCUT2D eigenvalue weighted by Crippen LogP contribution is 2.76. The second-order valence-electron chi connectivity index (χ2n) is 31.4. The Hall–Kier alpha value is -2.40. The zero-order valence-corrected chi connectivity index (χ0v) is 56.4. The summed E-state index contributed by atoms with van der Waals surface area (Å²) in [7, 11) is 0. The molecule has 6 aliphatic heterocycles. The quantitative estimate of drug-likeness (QED) is 0.0405. The molecule has 556 valence electrons. The van der Waals surface area contributed by atoms with Gasteiger partial charge in [0.25, 0.3) is 0 Å². The zero-order valence-electron chi connectivity index (χ0n) is 56.4. The Kier molecular flexibility index (Phi) is 22.3. The molecule has 0 bridgehead atoms. The highest BCUT2D eigenvalue weighted by molar-refractivity contribution is 5.79. The first-order valence-electron chi connectivity index (χ1n) is 34.4. The van der Waals surface area contributed by atoms with Gasteiger partial charge in [-0.2, -0.15) is 0 Å². The number of fused-ring (bicyclic) bond motifs is 7. The van der Waals surface area contributed by atoms with Crippen LogP contribution in [0.15, 0.2) is 11.6 Å². The van der Waals surface area contributed by atoms with Gasteiger partial charge in [-0.15, -0.1) is 0 Å². The summed E-state index contributed by atoms with van der Waals surface area (Å²) in [5.41, 5.74) is -2.27. The van der Waals surface area contributed by atoms with Crippen LogP contribution in [0.3, 0.4) is 0 Å². The van der Waals surface area contributed by atoms with Gasteiger partial charge in [-0.25, -0.2) is 0 Å². The third-order valence-electron chi connectivity index (χ3n) is 25.2. The third-order valence-corrected chi connectivity index (χ3v) is 25.2. The molecule has 10 fully saturated rings. The van der Waals surface area contributed by atoms with E-state index in [0.29, 0.717) is 57.8 Å². The van der Waals surface area contributed by atoms with Crippen LogP contribution in [-0.4, -0.2) is 305 Å². The summed E-state index contributed by atoms with van der Waals surface area (Å²) in [6, 6.07) is 0. The number of ether oxygens (including phenoxy) is 13. The maximum absolute atomic E-state index is 15.4. The molecule has 0 spiro atoms. The van der Waals surface area contributed by atoms with Gasteiger partial charge in [-0.3, -0.25) is 9.59 Å². The van der Waals surface area contributed by atoms with Crippen molar-refractivity contribution in [3.63, 3.8) is 0 Å². The molecule has 0 aromatic heterocycles. The first-order chi connectivity index (χ1) is 45.5. The molecule has 97 heavy (non-hydrogen) atoms. The van der Waals surface area contributed by atoms with Crippen LogP contribution in [0, 0.1) is 50.2 Å². The van der Waals surface area contributed by atoms with Crippen LogP contribution >= 0.6 is 0 Å². The summed E-state index contributed by atoms with van der Waals surface area (Å²) in [5, 5.41) is 176. The minimum atomic E-state index is -1.93. The van der Waals surface area contributed by atoms with E-state index in [-0.39, 0.29) is 47.2 Å². The van der Waals surface area contributed by atoms with E-state index in [1.54, 1.807) is 0 Å². The molecule has 0 aromatic carbocycles. The average molecular weight is 1400 g/mol. The Morgan fingerprint density at radius 3 is 1.74 bits per heavy atom. The minimum Gasteiger partial charge on any atom is -0.457 e. The zero-order chi connectivity index (χ0) is 70.7. The van der Waals surface area contributed by atoms with Crippen molar-refractivity contribution >= 4 is 11.9 Å². The van der Waals surface area contributed by atoms with Gasteiger partial charge in [-0.1, -0.05) is 53.2 Å². The van der Waals surface area contributed by atoms with Gasteiger partial charge < -0.3 is 143 Å². The van der Waals surface area contributed by atoms with Crippen LogP contribution in [0.5, 0.6) is 0 Å². The van der Waals surface area contributed by atoms with Crippen LogP contribution < -0.4 is 0 Å². The van der Waals surface area contributed by atoms with E-state index in [4.69, 9.17) is 61.6 Å². The van der Waals surface area contributed by atoms with E-state index in [0.717, 1.165) is 18.9 Å².